The summed E-state index contributed by atoms with van der Waals surface area (Å²) in [5, 5.41) is 3.51. The second kappa shape index (κ2) is 3.73. The van der Waals surface area contributed by atoms with Gasteiger partial charge in [0.05, 0.1) is 0 Å². The third-order valence-corrected chi connectivity index (χ3v) is 3.30. The van der Waals surface area contributed by atoms with Crippen LogP contribution in [0.5, 0.6) is 0 Å². The average molecular weight is 193 g/mol. The van der Waals surface area contributed by atoms with E-state index in [0.29, 0.717) is 17.9 Å². The number of aryl methyl sites for hydroxylation is 1. The molecule has 0 saturated carbocycles. The van der Waals surface area contributed by atoms with Gasteiger partial charge in [0.1, 0.15) is 5.82 Å². The molecule has 0 aliphatic carbocycles. The molecule has 14 heavy (non-hydrogen) atoms. The monoisotopic (exact) mass is 193 g/mol. The molecule has 2 heterocycles. The Kier molecular flexibility index (Phi) is 2.59. The zero-order chi connectivity index (χ0) is 10.1. The van der Waals surface area contributed by atoms with Gasteiger partial charge in [-0.3, -0.25) is 0 Å². The van der Waals surface area contributed by atoms with E-state index in [4.69, 9.17) is 0 Å². The maximum atomic E-state index is 4.49. The standard InChI is InChI=1S/C11H19N3/c1-4-14-6-5-12-11(14)10-8(2)7-13-9(10)3/h5-6,8-10,13H,4,7H2,1-3H3. The molecule has 0 bridgehead atoms. The molecule has 0 radical (unpaired) electrons. The van der Waals surface area contributed by atoms with Crippen LogP contribution in [0.1, 0.15) is 32.5 Å². The van der Waals surface area contributed by atoms with E-state index in [0.717, 1.165) is 13.1 Å². The van der Waals surface area contributed by atoms with Crippen molar-refractivity contribution in [1.29, 1.82) is 0 Å². The smallest absolute Gasteiger partial charge is 0.113 e. The molecule has 0 aromatic carbocycles. The number of hydrogen-bond acceptors (Lipinski definition) is 2. The summed E-state index contributed by atoms with van der Waals surface area (Å²) in [6.07, 6.45) is 3.99. The minimum atomic E-state index is 0.553. The first-order valence-corrected chi connectivity index (χ1v) is 5.48. The molecule has 1 aromatic heterocycles. The highest BCUT2D eigenvalue weighted by Crippen LogP contribution is 2.31. The van der Waals surface area contributed by atoms with Crippen molar-refractivity contribution < 1.29 is 0 Å². The normalized spacial score (nSPS) is 32.4. The summed E-state index contributed by atoms with van der Waals surface area (Å²) in [4.78, 5) is 4.49. The van der Waals surface area contributed by atoms with E-state index in [9.17, 15) is 0 Å². The van der Waals surface area contributed by atoms with Gasteiger partial charge in [-0.05, 0) is 26.3 Å². The summed E-state index contributed by atoms with van der Waals surface area (Å²) in [5.74, 6) is 2.51. The van der Waals surface area contributed by atoms with Crippen molar-refractivity contribution in [1.82, 2.24) is 14.9 Å². The van der Waals surface area contributed by atoms with E-state index < -0.39 is 0 Å². The maximum Gasteiger partial charge on any atom is 0.113 e. The van der Waals surface area contributed by atoms with E-state index >= 15 is 0 Å². The first kappa shape index (κ1) is 9.71. The zero-order valence-electron chi connectivity index (χ0n) is 9.20. The van der Waals surface area contributed by atoms with Gasteiger partial charge in [0.15, 0.2) is 0 Å². The molecule has 1 N–H and O–H groups in total. The van der Waals surface area contributed by atoms with Crippen LogP contribution in [0.4, 0.5) is 0 Å². The topological polar surface area (TPSA) is 29.9 Å². The van der Waals surface area contributed by atoms with E-state index in [2.05, 4.69) is 41.8 Å². The zero-order valence-corrected chi connectivity index (χ0v) is 9.20. The van der Waals surface area contributed by atoms with Crippen molar-refractivity contribution >= 4 is 0 Å². The van der Waals surface area contributed by atoms with Gasteiger partial charge >= 0.3 is 0 Å². The molecule has 2 rings (SSSR count). The second-order valence-corrected chi connectivity index (χ2v) is 4.27. The fourth-order valence-electron chi connectivity index (χ4n) is 2.48. The van der Waals surface area contributed by atoms with Gasteiger partial charge in [-0.25, -0.2) is 4.98 Å². The molecule has 1 aromatic rings. The molecule has 3 heteroatoms. The number of nitrogens with zero attached hydrogens (tertiary/aromatic N) is 2. The van der Waals surface area contributed by atoms with Crippen LogP contribution in [0.3, 0.4) is 0 Å². The number of imidazole rings is 1. The predicted octanol–water partition coefficient (Wildman–Crippen LogP) is 1.61. The van der Waals surface area contributed by atoms with Gasteiger partial charge in [0, 0.05) is 30.9 Å². The van der Waals surface area contributed by atoms with Gasteiger partial charge in [-0.1, -0.05) is 6.92 Å². The minimum absolute atomic E-state index is 0.553. The lowest BCUT2D eigenvalue weighted by Crippen LogP contribution is -2.24. The molecule has 0 amide bonds. The fourth-order valence-corrected chi connectivity index (χ4v) is 2.48. The van der Waals surface area contributed by atoms with E-state index in [1.54, 1.807) is 0 Å². The Hall–Kier alpha value is -0.830. The molecule has 1 saturated heterocycles. The van der Waals surface area contributed by atoms with Gasteiger partial charge < -0.3 is 9.88 Å². The summed E-state index contributed by atoms with van der Waals surface area (Å²) in [6.45, 7) is 8.86. The maximum absolute atomic E-state index is 4.49. The Balaban J connectivity index is 2.29. The summed E-state index contributed by atoms with van der Waals surface area (Å²) >= 11 is 0. The van der Waals surface area contributed by atoms with Crippen molar-refractivity contribution in [3.63, 3.8) is 0 Å². The van der Waals surface area contributed by atoms with Crippen LogP contribution < -0.4 is 5.32 Å². The first-order chi connectivity index (χ1) is 6.74. The largest absolute Gasteiger partial charge is 0.335 e. The van der Waals surface area contributed by atoms with Crippen LogP contribution in [0.15, 0.2) is 12.4 Å². The average Bonchev–Trinajstić information content (AvgIpc) is 2.73. The Bertz CT molecular complexity index is 295. The molecule has 0 spiro atoms. The molecule has 1 aliphatic rings. The summed E-state index contributed by atoms with van der Waals surface area (Å²) in [6, 6.07) is 0.553. The molecule has 3 nitrogen and oxygen atoms in total. The molecular weight excluding hydrogens is 174 g/mol. The van der Waals surface area contributed by atoms with Gasteiger partial charge in [0.2, 0.25) is 0 Å². The molecule has 3 unspecified atom stereocenters. The molecule has 78 valence electrons. The van der Waals surface area contributed by atoms with Gasteiger partial charge in [-0.15, -0.1) is 0 Å². The lowest BCUT2D eigenvalue weighted by atomic mass is 9.92. The number of hydrogen-bond donors (Lipinski definition) is 1. The SMILES string of the molecule is CCn1ccnc1C1C(C)CNC1C. The summed E-state index contributed by atoms with van der Waals surface area (Å²) < 4.78 is 2.25. The van der Waals surface area contributed by atoms with Crippen molar-refractivity contribution in [2.24, 2.45) is 5.92 Å². The highest BCUT2D eigenvalue weighted by atomic mass is 15.1. The Morgan fingerprint density at radius 2 is 2.36 bits per heavy atom. The first-order valence-electron chi connectivity index (χ1n) is 5.48. The van der Waals surface area contributed by atoms with E-state index in [1.165, 1.54) is 5.82 Å². The Morgan fingerprint density at radius 1 is 1.57 bits per heavy atom. The number of nitrogens with one attached hydrogen (secondary N) is 1. The third-order valence-electron chi connectivity index (χ3n) is 3.30. The van der Waals surface area contributed by atoms with Gasteiger partial charge in [-0.2, -0.15) is 0 Å². The molecular formula is C11H19N3. The fraction of sp³-hybridized carbons (Fsp3) is 0.727. The lowest BCUT2D eigenvalue weighted by Gasteiger charge is -2.19. The number of rotatable bonds is 2. The van der Waals surface area contributed by atoms with Crippen LogP contribution in [-0.2, 0) is 6.54 Å². The molecule has 1 fully saturated rings. The highest BCUT2D eigenvalue weighted by Gasteiger charge is 2.33. The van der Waals surface area contributed by atoms with Crippen LogP contribution in [0.25, 0.3) is 0 Å². The predicted molar refractivity (Wildman–Crippen MR) is 57.3 cm³/mol. The van der Waals surface area contributed by atoms with Crippen LogP contribution >= 0.6 is 0 Å². The number of aromatic nitrogens is 2. The summed E-state index contributed by atoms with van der Waals surface area (Å²) in [7, 11) is 0. The Labute approximate surface area is 85.5 Å². The summed E-state index contributed by atoms with van der Waals surface area (Å²) in [5.41, 5.74) is 0. The van der Waals surface area contributed by atoms with Crippen LogP contribution in [0, 0.1) is 5.92 Å². The molecule has 3 atom stereocenters. The van der Waals surface area contributed by atoms with Crippen LogP contribution in [0.2, 0.25) is 0 Å². The van der Waals surface area contributed by atoms with Crippen molar-refractivity contribution in [2.45, 2.75) is 39.3 Å². The Morgan fingerprint density at radius 3 is 2.93 bits per heavy atom. The van der Waals surface area contributed by atoms with E-state index in [-0.39, 0.29) is 0 Å². The van der Waals surface area contributed by atoms with Crippen molar-refractivity contribution in [3.8, 4) is 0 Å². The second-order valence-electron chi connectivity index (χ2n) is 4.27. The highest BCUT2D eigenvalue weighted by molar-refractivity contribution is 5.09. The minimum Gasteiger partial charge on any atom is -0.335 e. The van der Waals surface area contributed by atoms with E-state index in [1.807, 2.05) is 6.20 Å². The quantitative estimate of drug-likeness (QED) is 0.773. The van der Waals surface area contributed by atoms with Crippen molar-refractivity contribution in [3.05, 3.63) is 18.2 Å². The lowest BCUT2D eigenvalue weighted by molar-refractivity contribution is 0.471. The van der Waals surface area contributed by atoms with Gasteiger partial charge in [0.25, 0.3) is 0 Å². The van der Waals surface area contributed by atoms with Crippen molar-refractivity contribution in [2.75, 3.05) is 6.54 Å². The third kappa shape index (κ3) is 1.46. The van der Waals surface area contributed by atoms with Crippen LogP contribution in [-0.4, -0.2) is 22.1 Å². The molecule has 1 aliphatic heterocycles.